The molecule has 5 aromatic rings. The van der Waals surface area contributed by atoms with Gasteiger partial charge in [0.25, 0.3) is 17.4 Å². The minimum atomic E-state index is -2.09. The predicted octanol–water partition coefficient (Wildman–Crippen LogP) is -4.01. The summed E-state index contributed by atoms with van der Waals surface area (Å²) in [7, 11) is 0. The number of rotatable bonds is 27. The van der Waals surface area contributed by atoms with Crippen molar-refractivity contribution in [2.75, 3.05) is 39.6 Å². The van der Waals surface area contributed by atoms with Crippen LogP contribution in [0.3, 0.4) is 0 Å². The zero-order chi connectivity index (χ0) is 71.0. The van der Waals surface area contributed by atoms with Gasteiger partial charge in [0.05, 0.1) is 61.3 Å². The van der Waals surface area contributed by atoms with Gasteiger partial charge < -0.3 is 107 Å². The van der Waals surface area contributed by atoms with Crippen LogP contribution >= 0.6 is 0 Å². The Morgan fingerprint density at radius 3 is 2.11 bits per heavy atom. The largest absolute Gasteiger partial charge is 0.458 e. The molecule has 0 radical (unpaired) electrons. The zero-order valence-electron chi connectivity index (χ0n) is 53.4. The van der Waals surface area contributed by atoms with E-state index >= 15 is 4.39 Å². The Morgan fingerprint density at radius 2 is 1.41 bits per heavy atom. The summed E-state index contributed by atoms with van der Waals surface area (Å²) in [5, 5.41) is 84.6. The first kappa shape index (κ1) is 71.9. The molecule has 3 aromatic carbocycles. The highest BCUT2D eigenvalue weighted by Gasteiger charge is 2.51. The molecule has 5 aliphatic rings. The molecule has 9 amide bonds. The Morgan fingerprint density at radius 1 is 0.747 bits per heavy atom. The van der Waals surface area contributed by atoms with Gasteiger partial charge in [-0.2, -0.15) is 0 Å². The molecule has 2 aromatic heterocycles. The molecule has 1 aliphatic carbocycles. The third-order valence-electron chi connectivity index (χ3n) is 17.7. The van der Waals surface area contributed by atoms with Gasteiger partial charge >= 0.3 is 12.1 Å². The van der Waals surface area contributed by atoms with Crippen LogP contribution in [0.2, 0.25) is 0 Å². The molecule has 0 saturated carbocycles. The van der Waals surface area contributed by atoms with E-state index in [1.807, 2.05) is 0 Å². The van der Waals surface area contributed by atoms with Crippen LogP contribution in [-0.2, 0) is 105 Å². The van der Waals surface area contributed by atoms with Gasteiger partial charge in [0.2, 0.25) is 35.4 Å². The molecule has 33 nitrogen and oxygen atoms in total. The summed E-state index contributed by atoms with van der Waals surface area (Å²) in [5.74, 6) is -8.53. The molecule has 12 atom stereocenters. The predicted molar refractivity (Wildman–Crippen MR) is 336 cm³/mol. The molecule has 2 unspecified atom stereocenters. The summed E-state index contributed by atoms with van der Waals surface area (Å²) >= 11 is 0. The van der Waals surface area contributed by atoms with Crippen molar-refractivity contribution in [3.8, 4) is 11.4 Å². The number of ether oxygens (including phenoxy) is 5. The van der Waals surface area contributed by atoms with Gasteiger partial charge in [-0.15, -0.1) is 0 Å². The molecule has 528 valence electrons. The maximum atomic E-state index is 15.5. The lowest BCUT2D eigenvalue weighted by atomic mass is 9.81. The summed E-state index contributed by atoms with van der Waals surface area (Å²) in [6.07, 6.45) is -16.9. The summed E-state index contributed by atoms with van der Waals surface area (Å²) in [5.41, 5.74) is 2.04. The van der Waals surface area contributed by atoms with Crippen molar-refractivity contribution in [2.24, 2.45) is 0 Å². The van der Waals surface area contributed by atoms with Crippen molar-refractivity contribution >= 4 is 70.2 Å². The van der Waals surface area contributed by atoms with Gasteiger partial charge in [0.1, 0.15) is 62.3 Å². The molecule has 0 spiro atoms. The van der Waals surface area contributed by atoms with E-state index in [2.05, 4.69) is 47.9 Å². The summed E-state index contributed by atoms with van der Waals surface area (Å²) in [4.78, 5) is 151. The Labute approximate surface area is 561 Å². The van der Waals surface area contributed by atoms with Crippen molar-refractivity contribution in [1.82, 2.24) is 57.4 Å². The average molecular weight is 1380 g/mol. The lowest BCUT2D eigenvalue weighted by Gasteiger charge is -2.31. The minimum Gasteiger partial charge on any atom is -0.458 e. The van der Waals surface area contributed by atoms with Crippen LogP contribution in [0.15, 0.2) is 77.6 Å². The molecular formula is C65H74FN11O22. The molecule has 10 rings (SSSR count). The van der Waals surface area contributed by atoms with Gasteiger partial charge in [-0.3, -0.25) is 43.2 Å². The number of aliphatic hydroxyl groups excluding tert-OH is 5. The number of nitrogens with one attached hydrogen (secondary N) is 9. The number of hydrogen-bond acceptors (Lipinski definition) is 23. The van der Waals surface area contributed by atoms with Crippen molar-refractivity contribution in [1.29, 1.82) is 0 Å². The fourth-order valence-corrected chi connectivity index (χ4v) is 12.3. The minimum absolute atomic E-state index is 0.0128. The summed E-state index contributed by atoms with van der Waals surface area (Å²) in [6, 6.07) is 17.8. The highest BCUT2D eigenvalue weighted by atomic mass is 19.1. The number of amides is 9. The maximum Gasteiger partial charge on any atom is 0.408 e. The highest BCUT2D eigenvalue weighted by Crippen LogP contribution is 2.46. The second kappa shape index (κ2) is 31.3. The van der Waals surface area contributed by atoms with E-state index in [1.165, 1.54) is 16.7 Å². The van der Waals surface area contributed by atoms with Gasteiger partial charge in [-0.05, 0) is 60.1 Å². The number of aliphatic hydroxyl groups is 6. The van der Waals surface area contributed by atoms with Crippen molar-refractivity contribution in [2.45, 2.75) is 145 Å². The van der Waals surface area contributed by atoms with E-state index in [-0.39, 0.29) is 49.2 Å². The van der Waals surface area contributed by atoms with Crippen molar-refractivity contribution in [3.63, 3.8) is 0 Å². The van der Waals surface area contributed by atoms with Crippen LogP contribution in [0, 0.1) is 12.7 Å². The number of benzene rings is 3. The monoisotopic (exact) mass is 1380 g/mol. The first-order valence-electron chi connectivity index (χ1n) is 31.7. The van der Waals surface area contributed by atoms with E-state index < -0.39 is 196 Å². The zero-order valence-corrected chi connectivity index (χ0v) is 53.4. The standard InChI is InChI=1S/C65H74FN11O22/c1-3-65(94)36-19-41-51-34(25-77(41)62(91)35(36)27-96-63(65)92)50-38(15-14-33-30(2)37(66)20-39(74-51)49(33)50)72-48(83)28-95-29-71-46(81)23-68-57(88)40(18-31-10-6-4-7-11-31)73-47(82)24-67-45(80)22-69-58(89)42(98-64(93)70-21-32-12-8-5-9-13-32)16-17-44(79)75-60-55(87)53(85)56(99-60)59(90)76-61-54(86)52(84)43(26-78)97-61/h4-13,19-20,38,40,42-43,52-56,60-61,78,84-87,94H,3,14-18,21-29H2,1-2H3,(H,67,80)(H,68,88)(H,69,89)(H,70,93)(H,71,81)(H,72,83)(H,73,82)(H,75,79)(H,76,90)/t38-,40-,42-,43+,52+,53-,54+,55+,56-,60?,61?,65-/m0/s1. The summed E-state index contributed by atoms with van der Waals surface area (Å²) in [6.45, 7) is -1.05. The van der Waals surface area contributed by atoms with Gasteiger partial charge in [-0.25, -0.2) is 19.0 Å². The van der Waals surface area contributed by atoms with Crippen molar-refractivity contribution in [3.05, 3.63) is 133 Å². The van der Waals surface area contributed by atoms with Gasteiger partial charge in [-0.1, -0.05) is 67.6 Å². The van der Waals surface area contributed by atoms with Crippen LogP contribution in [-0.4, -0.2) is 200 Å². The lowest BCUT2D eigenvalue weighted by molar-refractivity contribution is -0.172. The van der Waals surface area contributed by atoms with Crippen molar-refractivity contribution < 1.29 is 107 Å². The molecule has 4 aliphatic heterocycles. The fourth-order valence-electron chi connectivity index (χ4n) is 12.3. The Kier molecular flexibility index (Phi) is 22.7. The molecule has 15 N–H and O–H groups in total. The van der Waals surface area contributed by atoms with E-state index in [0.717, 1.165) is 0 Å². The van der Waals surface area contributed by atoms with Crippen LogP contribution in [0.25, 0.3) is 22.3 Å². The highest BCUT2D eigenvalue weighted by molar-refractivity contribution is 5.95. The van der Waals surface area contributed by atoms with Crippen LogP contribution in [0.4, 0.5) is 9.18 Å². The van der Waals surface area contributed by atoms with E-state index in [1.54, 1.807) is 74.5 Å². The van der Waals surface area contributed by atoms with E-state index in [0.29, 0.717) is 63.0 Å². The normalized spacial score (nSPS) is 23.0. The Hall–Kier alpha value is -9.91. The molecule has 6 heterocycles. The number of carbonyl (C=O) groups excluding carboxylic acids is 10. The molecule has 99 heavy (non-hydrogen) atoms. The average Bonchev–Trinajstić information content (AvgIpc) is 1.62. The molecule has 2 saturated heterocycles. The number of aryl methyl sites for hydroxylation is 1. The van der Waals surface area contributed by atoms with Gasteiger partial charge in [0.15, 0.2) is 30.3 Å². The van der Waals surface area contributed by atoms with Crippen LogP contribution in [0.5, 0.6) is 0 Å². The smallest absolute Gasteiger partial charge is 0.408 e. The molecule has 2 fully saturated rings. The third-order valence-corrected chi connectivity index (χ3v) is 17.7. The Bertz CT molecular complexity index is 4020. The number of halogens is 1. The number of pyridine rings is 2. The van der Waals surface area contributed by atoms with Crippen LogP contribution in [0.1, 0.15) is 83.2 Å². The number of aromatic nitrogens is 2. The van der Waals surface area contributed by atoms with Crippen LogP contribution < -0.4 is 53.4 Å². The summed E-state index contributed by atoms with van der Waals surface area (Å²) < 4.78 is 43.6. The SMILES string of the molecule is CC[C@@]1(O)C(=O)OCc2c1cc1n(c2=O)Cc2c-1nc1cc(F)c(C)c3c1c2[C@@H](NC(=O)COCNC(=O)CNC(=O)[C@H](Cc1ccccc1)NC(=O)CNC(=O)CNC(=O)[C@H](CCC(=O)NC1O[C@H](C(=O)NC2O[C@H](CO)[C@@H](O)[C@H]2O)[C@@H](O)[C@H]1O)OC(=O)NCc1ccccc1)CC3. The number of esters is 1. The number of cyclic esters (lactones) is 1. The number of fused-ring (bicyclic) bond motifs is 5. The molecule has 0 bridgehead atoms. The maximum absolute atomic E-state index is 15.5. The molecule has 34 heteroatoms. The first-order valence-corrected chi connectivity index (χ1v) is 31.7. The lowest BCUT2D eigenvalue weighted by Crippen LogP contribution is -2.52. The second-order valence-corrected chi connectivity index (χ2v) is 24.2. The number of nitrogens with zero attached hydrogens (tertiary/aromatic N) is 2. The number of carbonyl (C=O) groups is 10. The van der Waals surface area contributed by atoms with E-state index in [9.17, 15) is 83.4 Å². The topological polar surface area (TPSA) is 481 Å². The van der Waals surface area contributed by atoms with Gasteiger partial charge in [0, 0.05) is 48.4 Å². The second-order valence-electron chi connectivity index (χ2n) is 24.2. The quantitative estimate of drug-likeness (QED) is 0.0133. The fraction of sp³-hybridized carbons (Fsp3) is 0.446. The Balaban J connectivity index is 0.688. The first-order chi connectivity index (χ1) is 47.4. The number of alkyl carbamates (subject to hydrolysis) is 1. The van der Waals surface area contributed by atoms with E-state index in [4.69, 9.17) is 28.7 Å². The third kappa shape index (κ3) is 16.1. The number of hydrogen-bond donors (Lipinski definition) is 15. The molecular weight excluding hydrogens is 1310 g/mol.